The van der Waals surface area contributed by atoms with Gasteiger partial charge in [-0.3, -0.25) is 4.79 Å². The molecule has 0 amide bonds. The molecule has 4 nitrogen and oxygen atoms in total. The Kier molecular flexibility index (Phi) is 4.15. The van der Waals surface area contributed by atoms with Crippen LogP contribution in [0.1, 0.15) is 45.2 Å². The molecule has 0 fully saturated rings. The second kappa shape index (κ2) is 6.24. The lowest BCUT2D eigenvalue weighted by molar-refractivity contribution is 0.0316. The number of para-hydroxylation sites is 1. The molecule has 1 atom stereocenters. The first kappa shape index (κ1) is 15.3. The molecule has 0 unspecified atom stereocenters. The van der Waals surface area contributed by atoms with Gasteiger partial charge in [0.15, 0.2) is 6.10 Å². The minimum Gasteiger partial charge on any atom is -0.507 e. The average molecular weight is 310 g/mol. The number of esters is 1. The van der Waals surface area contributed by atoms with Crippen LogP contribution in [-0.4, -0.2) is 23.0 Å². The zero-order valence-corrected chi connectivity index (χ0v) is 12.9. The van der Waals surface area contributed by atoms with Crippen molar-refractivity contribution in [2.24, 2.45) is 0 Å². The monoisotopic (exact) mass is 310 g/mol. The van der Waals surface area contributed by atoms with Gasteiger partial charge in [-0.15, -0.1) is 0 Å². The third-order valence-electron chi connectivity index (χ3n) is 4.16. The number of carbonyl (C=O) groups is 2. The van der Waals surface area contributed by atoms with Gasteiger partial charge in [-0.05, 0) is 55.5 Å². The summed E-state index contributed by atoms with van der Waals surface area (Å²) < 4.78 is 5.20. The molecule has 0 aliphatic heterocycles. The number of aromatic hydroxyl groups is 1. The summed E-state index contributed by atoms with van der Waals surface area (Å²) in [5.74, 6) is -1.09. The Bertz CT molecular complexity index is 764. The number of rotatable bonds is 4. The maximum atomic E-state index is 12.5. The van der Waals surface area contributed by atoms with Gasteiger partial charge in [0.05, 0.1) is 0 Å². The maximum Gasteiger partial charge on any atom is 0.342 e. The molecule has 0 saturated heterocycles. The predicted octanol–water partition coefficient (Wildman–Crippen LogP) is 3.31. The van der Waals surface area contributed by atoms with Crippen LogP contribution in [0.2, 0.25) is 0 Å². The molecule has 1 aliphatic rings. The highest BCUT2D eigenvalue weighted by molar-refractivity contribution is 6.02. The molecule has 2 aromatic carbocycles. The van der Waals surface area contributed by atoms with E-state index in [4.69, 9.17) is 4.74 Å². The van der Waals surface area contributed by atoms with Crippen LogP contribution in [0.3, 0.4) is 0 Å². The van der Waals surface area contributed by atoms with E-state index in [1.807, 2.05) is 12.1 Å². The fourth-order valence-corrected chi connectivity index (χ4v) is 2.88. The maximum absolute atomic E-state index is 12.5. The molecule has 0 radical (unpaired) electrons. The quantitative estimate of drug-likeness (QED) is 0.695. The van der Waals surface area contributed by atoms with Gasteiger partial charge in [0.2, 0.25) is 5.78 Å². The zero-order chi connectivity index (χ0) is 16.4. The minimum atomic E-state index is -0.901. The van der Waals surface area contributed by atoms with Crippen LogP contribution in [0.5, 0.6) is 5.75 Å². The molecule has 23 heavy (non-hydrogen) atoms. The molecular weight excluding hydrogens is 292 g/mol. The van der Waals surface area contributed by atoms with E-state index in [2.05, 4.69) is 0 Å². The molecule has 0 heterocycles. The summed E-state index contributed by atoms with van der Waals surface area (Å²) in [5, 5.41) is 9.67. The summed E-state index contributed by atoms with van der Waals surface area (Å²) in [7, 11) is 0. The predicted molar refractivity (Wildman–Crippen MR) is 85.8 cm³/mol. The fourth-order valence-electron chi connectivity index (χ4n) is 2.88. The average Bonchev–Trinajstić information content (AvgIpc) is 3.01. The largest absolute Gasteiger partial charge is 0.507 e. The van der Waals surface area contributed by atoms with Gasteiger partial charge < -0.3 is 9.84 Å². The topological polar surface area (TPSA) is 63.6 Å². The number of phenolic OH excluding ortho intramolecular Hbond substituents is 1. The Morgan fingerprint density at radius 3 is 2.61 bits per heavy atom. The van der Waals surface area contributed by atoms with Gasteiger partial charge in [0, 0.05) is 5.56 Å². The molecule has 3 rings (SSSR count). The van der Waals surface area contributed by atoms with Crippen molar-refractivity contribution in [1.82, 2.24) is 0 Å². The molecule has 4 heteroatoms. The van der Waals surface area contributed by atoms with Crippen molar-refractivity contribution in [3.05, 3.63) is 64.7 Å². The number of hydrogen-bond acceptors (Lipinski definition) is 4. The first-order valence-electron chi connectivity index (χ1n) is 7.71. The number of aryl methyl sites for hydroxylation is 2. The number of ether oxygens (including phenoxy) is 1. The molecule has 0 saturated carbocycles. The fraction of sp³-hybridized carbons (Fsp3) is 0.263. The van der Waals surface area contributed by atoms with E-state index >= 15 is 0 Å². The summed E-state index contributed by atoms with van der Waals surface area (Å²) in [5.41, 5.74) is 3.11. The third-order valence-corrected chi connectivity index (χ3v) is 4.16. The highest BCUT2D eigenvalue weighted by Crippen LogP contribution is 2.24. The lowest BCUT2D eigenvalue weighted by Gasteiger charge is -2.13. The lowest BCUT2D eigenvalue weighted by Crippen LogP contribution is -2.24. The molecule has 1 aliphatic carbocycles. The second-order valence-electron chi connectivity index (χ2n) is 5.77. The van der Waals surface area contributed by atoms with Crippen molar-refractivity contribution in [1.29, 1.82) is 0 Å². The Hall–Kier alpha value is -2.62. The van der Waals surface area contributed by atoms with Gasteiger partial charge in [-0.25, -0.2) is 4.79 Å². The Balaban J connectivity index is 1.73. The number of benzene rings is 2. The number of ketones is 1. The first-order chi connectivity index (χ1) is 11.1. The first-order valence-corrected chi connectivity index (χ1v) is 7.71. The van der Waals surface area contributed by atoms with E-state index in [9.17, 15) is 14.7 Å². The Morgan fingerprint density at radius 1 is 1.09 bits per heavy atom. The van der Waals surface area contributed by atoms with Crippen LogP contribution in [0.15, 0.2) is 42.5 Å². The van der Waals surface area contributed by atoms with Gasteiger partial charge >= 0.3 is 5.97 Å². The standard InChI is InChI=1S/C19H18O4/c1-12(23-19(22)16-7-2-3-8-17(16)20)18(21)15-10-9-13-5-4-6-14(13)11-15/h2-3,7-12,20H,4-6H2,1H3/t12-/m1/s1. The van der Waals surface area contributed by atoms with E-state index in [0.717, 1.165) is 19.3 Å². The van der Waals surface area contributed by atoms with Gasteiger partial charge in [0.25, 0.3) is 0 Å². The smallest absolute Gasteiger partial charge is 0.342 e. The van der Waals surface area contributed by atoms with E-state index in [0.29, 0.717) is 5.56 Å². The van der Waals surface area contributed by atoms with Crippen LogP contribution in [0, 0.1) is 0 Å². The lowest BCUT2D eigenvalue weighted by atomic mass is 10.0. The third kappa shape index (κ3) is 3.11. The van der Waals surface area contributed by atoms with Crippen molar-refractivity contribution in [3.63, 3.8) is 0 Å². The summed E-state index contributed by atoms with van der Waals surface area (Å²) in [6.07, 6.45) is 2.26. The number of carbonyl (C=O) groups excluding carboxylic acids is 2. The molecular formula is C19H18O4. The SMILES string of the molecule is C[C@@H](OC(=O)c1ccccc1O)C(=O)c1ccc2c(c1)CCC2. The highest BCUT2D eigenvalue weighted by Gasteiger charge is 2.23. The van der Waals surface area contributed by atoms with Crippen LogP contribution in [0.25, 0.3) is 0 Å². The van der Waals surface area contributed by atoms with E-state index in [1.54, 1.807) is 25.1 Å². The van der Waals surface area contributed by atoms with Crippen molar-refractivity contribution in [2.75, 3.05) is 0 Å². The van der Waals surface area contributed by atoms with Crippen LogP contribution in [-0.2, 0) is 17.6 Å². The minimum absolute atomic E-state index is 0.0566. The summed E-state index contributed by atoms with van der Waals surface area (Å²) >= 11 is 0. The van der Waals surface area contributed by atoms with E-state index in [-0.39, 0.29) is 17.1 Å². The van der Waals surface area contributed by atoms with Crippen LogP contribution in [0.4, 0.5) is 0 Å². The van der Waals surface area contributed by atoms with Gasteiger partial charge in [-0.1, -0.05) is 24.3 Å². The summed E-state index contributed by atoms with van der Waals surface area (Å²) in [4.78, 5) is 24.5. The van der Waals surface area contributed by atoms with E-state index in [1.165, 1.54) is 23.3 Å². The van der Waals surface area contributed by atoms with E-state index < -0.39 is 12.1 Å². The normalized spacial score (nSPS) is 14.1. The summed E-state index contributed by atoms with van der Waals surface area (Å²) in [6, 6.07) is 11.8. The number of phenols is 1. The van der Waals surface area contributed by atoms with Crippen molar-refractivity contribution >= 4 is 11.8 Å². The van der Waals surface area contributed by atoms with Crippen molar-refractivity contribution in [3.8, 4) is 5.75 Å². The molecule has 0 bridgehead atoms. The summed E-state index contributed by atoms with van der Waals surface area (Å²) in [6.45, 7) is 1.55. The zero-order valence-electron chi connectivity index (χ0n) is 12.9. The van der Waals surface area contributed by atoms with Gasteiger partial charge in [-0.2, -0.15) is 0 Å². The second-order valence-corrected chi connectivity index (χ2v) is 5.77. The highest BCUT2D eigenvalue weighted by atomic mass is 16.5. The molecule has 0 spiro atoms. The van der Waals surface area contributed by atoms with Gasteiger partial charge in [0.1, 0.15) is 11.3 Å². The number of hydrogen-bond donors (Lipinski definition) is 1. The van der Waals surface area contributed by atoms with Crippen LogP contribution < -0.4 is 0 Å². The molecule has 0 aromatic heterocycles. The Morgan fingerprint density at radius 2 is 1.83 bits per heavy atom. The molecule has 2 aromatic rings. The number of Topliss-reactive ketones (excluding diaryl/α,β-unsaturated/α-hetero) is 1. The van der Waals surface area contributed by atoms with Crippen molar-refractivity contribution in [2.45, 2.75) is 32.3 Å². The molecule has 1 N–H and O–H groups in total. The number of fused-ring (bicyclic) bond motifs is 1. The molecule has 118 valence electrons. The van der Waals surface area contributed by atoms with Crippen molar-refractivity contribution < 1.29 is 19.4 Å². The van der Waals surface area contributed by atoms with Crippen LogP contribution >= 0.6 is 0 Å². The Labute approximate surface area is 134 Å².